The zero-order chi connectivity index (χ0) is 17.3. The molecule has 1 amide bonds. The number of halogens is 1. The van der Waals surface area contributed by atoms with Gasteiger partial charge in [-0.1, -0.05) is 41.4 Å². The highest BCUT2D eigenvalue weighted by atomic mass is 35.5. The molecule has 1 unspecified atom stereocenters. The minimum absolute atomic E-state index is 0.0939. The van der Waals surface area contributed by atoms with Gasteiger partial charge in [0.2, 0.25) is 0 Å². The summed E-state index contributed by atoms with van der Waals surface area (Å²) in [5.41, 5.74) is 3.40. The number of likely N-dealkylation sites (tertiary alicyclic amines) is 1. The zero-order valence-corrected chi connectivity index (χ0v) is 14.8. The van der Waals surface area contributed by atoms with Gasteiger partial charge in [0.1, 0.15) is 5.15 Å². The van der Waals surface area contributed by atoms with E-state index in [4.69, 9.17) is 11.6 Å². The van der Waals surface area contributed by atoms with Gasteiger partial charge in [0.25, 0.3) is 5.91 Å². The van der Waals surface area contributed by atoms with Crippen molar-refractivity contribution in [3.8, 4) is 0 Å². The van der Waals surface area contributed by atoms with E-state index in [-0.39, 0.29) is 18.4 Å². The van der Waals surface area contributed by atoms with Crippen LogP contribution in [0.2, 0.25) is 5.15 Å². The van der Waals surface area contributed by atoms with Crippen molar-refractivity contribution in [2.24, 2.45) is 5.92 Å². The van der Waals surface area contributed by atoms with E-state index in [1.54, 1.807) is 9.58 Å². The van der Waals surface area contributed by atoms with Crippen molar-refractivity contribution in [2.75, 3.05) is 19.7 Å². The Morgan fingerprint density at radius 3 is 2.67 bits per heavy atom. The minimum atomic E-state index is -0.0939. The van der Waals surface area contributed by atoms with Gasteiger partial charge >= 0.3 is 0 Å². The molecule has 0 radical (unpaired) electrons. The Morgan fingerprint density at radius 1 is 1.33 bits per heavy atom. The van der Waals surface area contributed by atoms with Gasteiger partial charge in [0.15, 0.2) is 0 Å². The number of carbonyl (C=O) groups excluding carboxylic acids is 1. The Hall–Kier alpha value is -1.85. The van der Waals surface area contributed by atoms with Crippen LogP contribution in [0.1, 0.15) is 33.6 Å². The van der Waals surface area contributed by atoms with Crippen LogP contribution in [0.3, 0.4) is 0 Å². The lowest BCUT2D eigenvalue weighted by atomic mass is 10.1. The Labute approximate surface area is 146 Å². The van der Waals surface area contributed by atoms with E-state index in [9.17, 15) is 9.90 Å². The second kappa shape index (κ2) is 6.95. The van der Waals surface area contributed by atoms with Crippen LogP contribution in [-0.4, -0.2) is 45.4 Å². The molecule has 1 N–H and O–H groups in total. The lowest BCUT2D eigenvalue weighted by Gasteiger charge is -2.16. The predicted octanol–water partition coefficient (Wildman–Crippen LogP) is 2.66. The molecule has 1 atom stereocenters. The summed E-state index contributed by atoms with van der Waals surface area (Å²) in [5, 5.41) is 14.1. The number of amides is 1. The predicted molar refractivity (Wildman–Crippen MR) is 93.4 cm³/mol. The number of carbonyl (C=O) groups is 1. The van der Waals surface area contributed by atoms with E-state index in [1.165, 1.54) is 5.56 Å². The Bertz CT molecular complexity index is 739. The highest BCUT2D eigenvalue weighted by Crippen LogP contribution is 2.25. The highest BCUT2D eigenvalue weighted by molar-refractivity contribution is 6.33. The summed E-state index contributed by atoms with van der Waals surface area (Å²) in [7, 11) is 0. The van der Waals surface area contributed by atoms with E-state index in [2.05, 4.69) is 5.10 Å². The van der Waals surface area contributed by atoms with Crippen molar-refractivity contribution in [3.05, 3.63) is 51.8 Å². The fourth-order valence-corrected chi connectivity index (χ4v) is 3.41. The summed E-state index contributed by atoms with van der Waals surface area (Å²) in [6.07, 6.45) is 0.830. The molecule has 3 rings (SSSR count). The van der Waals surface area contributed by atoms with Crippen molar-refractivity contribution >= 4 is 17.5 Å². The molecule has 2 heterocycles. The molecule has 0 spiro atoms. The standard InChI is InChI=1S/C18H22ClN3O2/c1-12-3-5-14(6-4-12)10-22-17(19)16(13(2)20-22)18(24)21-8-7-15(9-21)11-23/h3-6,15,23H,7-11H2,1-2H3. The number of hydrogen-bond donors (Lipinski definition) is 1. The Morgan fingerprint density at radius 2 is 2.04 bits per heavy atom. The van der Waals surface area contributed by atoms with E-state index >= 15 is 0 Å². The van der Waals surface area contributed by atoms with Gasteiger partial charge in [0.05, 0.1) is 17.8 Å². The average molecular weight is 348 g/mol. The van der Waals surface area contributed by atoms with Crippen molar-refractivity contribution in [3.63, 3.8) is 0 Å². The lowest BCUT2D eigenvalue weighted by Crippen LogP contribution is -2.29. The van der Waals surface area contributed by atoms with Gasteiger partial charge < -0.3 is 10.0 Å². The number of benzene rings is 1. The molecule has 1 fully saturated rings. The van der Waals surface area contributed by atoms with Crippen molar-refractivity contribution < 1.29 is 9.90 Å². The van der Waals surface area contributed by atoms with Gasteiger partial charge in [0, 0.05) is 25.6 Å². The van der Waals surface area contributed by atoms with Gasteiger partial charge in [-0.15, -0.1) is 0 Å². The van der Waals surface area contributed by atoms with Crippen LogP contribution in [-0.2, 0) is 6.54 Å². The third kappa shape index (κ3) is 3.32. The van der Waals surface area contributed by atoms with Crippen LogP contribution in [0, 0.1) is 19.8 Å². The zero-order valence-electron chi connectivity index (χ0n) is 14.0. The number of aliphatic hydroxyl groups excluding tert-OH is 1. The third-order valence-corrected chi connectivity index (χ3v) is 4.95. The molecule has 2 aromatic rings. The molecule has 1 aromatic carbocycles. The number of rotatable bonds is 4. The average Bonchev–Trinajstić information content (AvgIpc) is 3.14. The normalized spacial score (nSPS) is 17.5. The fraction of sp³-hybridized carbons (Fsp3) is 0.444. The summed E-state index contributed by atoms with van der Waals surface area (Å²) in [5.74, 6) is 0.0687. The minimum Gasteiger partial charge on any atom is -0.396 e. The van der Waals surface area contributed by atoms with E-state index in [1.807, 2.05) is 38.1 Å². The number of hydrogen-bond acceptors (Lipinski definition) is 3. The summed E-state index contributed by atoms with van der Waals surface area (Å²) >= 11 is 6.46. The first-order chi connectivity index (χ1) is 11.5. The van der Waals surface area contributed by atoms with E-state index < -0.39 is 0 Å². The van der Waals surface area contributed by atoms with E-state index in [0.717, 1.165) is 12.0 Å². The molecule has 0 bridgehead atoms. The lowest BCUT2D eigenvalue weighted by molar-refractivity contribution is 0.0781. The van der Waals surface area contributed by atoms with E-state index in [0.29, 0.717) is 36.0 Å². The van der Waals surface area contributed by atoms with Crippen LogP contribution < -0.4 is 0 Å². The molecule has 6 heteroatoms. The van der Waals surface area contributed by atoms with Crippen LogP contribution in [0.15, 0.2) is 24.3 Å². The maximum Gasteiger partial charge on any atom is 0.258 e. The Kier molecular flexibility index (Phi) is 4.92. The van der Waals surface area contributed by atoms with Crippen LogP contribution >= 0.6 is 11.6 Å². The van der Waals surface area contributed by atoms with Crippen LogP contribution in [0.4, 0.5) is 0 Å². The van der Waals surface area contributed by atoms with Gasteiger partial charge in [-0.25, -0.2) is 4.68 Å². The topological polar surface area (TPSA) is 58.4 Å². The molecule has 0 saturated carbocycles. The molecule has 5 nitrogen and oxygen atoms in total. The van der Waals surface area contributed by atoms with Crippen LogP contribution in [0.25, 0.3) is 0 Å². The summed E-state index contributed by atoms with van der Waals surface area (Å²) in [4.78, 5) is 14.5. The second-order valence-corrected chi connectivity index (χ2v) is 6.84. The molecule has 128 valence electrons. The van der Waals surface area contributed by atoms with Crippen molar-refractivity contribution in [1.82, 2.24) is 14.7 Å². The first-order valence-electron chi connectivity index (χ1n) is 8.18. The molecule has 1 aliphatic rings. The molecule has 1 aromatic heterocycles. The molecular weight excluding hydrogens is 326 g/mol. The fourth-order valence-electron chi connectivity index (χ4n) is 3.09. The number of aromatic nitrogens is 2. The number of aliphatic hydroxyl groups is 1. The van der Waals surface area contributed by atoms with Crippen molar-refractivity contribution in [2.45, 2.75) is 26.8 Å². The SMILES string of the molecule is Cc1ccc(Cn2nc(C)c(C(=O)N3CCC(CO)C3)c2Cl)cc1. The van der Waals surface area contributed by atoms with Gasteiger partial charge in [-0.2, -0.15) is 5.10 Å². The maximum atomic E-state index is 12.8. The first kappa shape index (κ1) is 17.0. The molecule has 24 heavy (non-hydrogen) atoms. The summed E-state index contributed by atoms with van der Waals surface area (Å²) in [6.45, 7) is 5.73. The Balaban J connectivity index is 1.81. The van der Waals surface area contributed by atoms with Crippen molar-refractivity contribution in [1.29, 1.82) is 0 Å². The van der Waals surface area contributed by atoms with Gasteiger partial charge in [-0.05, 0) is 25.8 Å². The number of aryl methyl sites for hydroxylation is 2. The quantitative estimate of drug-likeness (QED) is 0.925. The van der Waals surface area contributed by atoms with Gasteiger partial charge in [-0.3, -0.25) is 4.79 Å². The summed E-state index contributed by atoms with van der Waals surface area (Å²) in [6, 6.07) is 8.17. The maximum absolute atomic E-state index is 12.8. The summed E-state index contributed by atoms with van der Waals surface area (Å²) < 4.78 is 1.67. The largest absolute Gasteiger partial charge is 0.396 e. The first-order valence-corrected chi connectivity index (χ1v) is 8.56. The number of nitrogens with zero attached hydrogens (tertiary/aromatic N) is 3. The second-order valence-electron chi connectivity index (χ2n) is 6.48. The molecule has 1 saturated heterocycles. The molecule has 1 aliphatic heterocycles. The van der Waals surface area contributed by atoms with Crippen LogP contribution in [0.5, 0.6) is 0 Å². The molecule has 0 aliphatic carbocycles. The monoisotopic (exact) mass is 347 g/mol. The third-order valence-electron chi connectivity index (χ3n) is 4.56. The molecular formula is C18H22ClN3O2. The highest BCUT2D eigenvalue weighted by Gasteiger charge is 2.30. The smallest absolute Gasteiger partial charge is 0.258 e.